The van der Waals surface area contributed by atoms with Crippen molar-refractivity contribution in [2.45, 2.75) is 18.9 Å². The number of rotatable bonds is 4. The zero-order valence-electron chi connectivity index (χ0n) is 5.49. The maximum Gasteiger partial charge on any atom is 0.344 e. The maximum atomic E-state index is 10.2. The van der Waals surface area contributed by atoms with Gasteiger partial charge in [0.1, 0.15) is 0 Å². The lowest BCUT2D eigenvalue weighted by Crippen LogP contribution is -2.13. The average Bonchev–Trinajstić information content (AvgIpc) is 1.88. The van der Waals surface area contributed by atoms with Gasteiger partial charge < -0.3 is 9.99 Å². The van der Waals surface area contributed by atoms with Crippen molar-refractivity contribution in [3.63, 3.8) is 0 Å². The highest BCUT2D eigenvalue weighted by Crippen LogP contribution is 1.98. The van der Waals surface area contributed by atoms with Crippen LogP contribution < -0.4 is 0 Å². The first-order valence-electron chi connectivity index (χ1n) is 2.84. The van der Waals surface area contributed by atoms with Crippen molar-refractivity contribution in [3.8, 4) is 0 Å². The Morgan fingerprint density at radius 3 is 2.80 bits per heavy atom. The van der Waals surface area contributed by atoms with Crippen LogP contribution in [-0.2, 0) is 9.68 Å². The number of carbonyl (C=O) groups excluding carboxylic acids is 1. The van der Waals surface area contributed by atoms with E-state index in [1.54, 1.807) is 0 Å². The van der Waals surface area contributed by atoms with Gasteiger partial charge in [-0.3, -0.25) is 0 Å². The summed E-state index contributed by atoms with van der Waals surface area (Å²) in [6, 6.07) is 0. The quantitative estimate of drug-likeness (QED) is 0.340. The zero-order valence-corrected chi connectivity index (χ0v) is 5.49. The third kappa shape index (κ3) is 4.05. The summed E-state index contributed by atoms with van der Waals surface area (Å²) in [5, 5.41) is 16.6. The summed E-state index contributed by atoms with van der Waals surface area (Å²) in [6.07, 6.45) is 0.782. The van der Waals surface area contributed by atoms with Gasteiger partial charge in [-0.1, -0.05) is 6.08 Å². The van der Waals surface area contributed by atoms with Gasteiger partial charge in [-0.15, -0.1) is 6.58 Å². The zero-order chi connectivity index (χ0) is 7.98. The van der Waals surface area contributed by atoms with Crippen LogP contribution in [0.25, 0.3) is 0 Å². The molecule has 4 nitrogen and oxygen atoms in total. The van der Waals surface area contributed by atoms with Crippen molar-refractivity contribution in [2.24, 2.45) is 0 Å². The molecule has 4 heteroatoms. The van der Waals surface area contributed by atoms with Crippen LogP contribution in [0, 0.1) is 0 Å². The lowest BCUT2D eigenvalue weighted by Gasteiger charge is -2.02. The maximum absolute atomic E-state index is 10.2. The molecule has 0 saturated heterocycles. The molecule has 0 rings (SSSR count). The molecule has 0 aliphatic carbocycles. The second-order valence-corrected chi connectivity index (χ2v) is 1.85. The molecule has 0 aliphatic heterocycles. The topological polar surface area (TPSA) is 66.8 Å². The van der Waals surface area contributed by atoms with E-state index >= 15 is 0 Å². The Kier molecular flexibility index (Phi) is 4.53. The first-order chi connectivity index (χ1) is 4.70. The third-order valence-electron chi connectivity index (χ3n) is 0.943. The fraction of sp³-hybridized carbons (Fsp3) is 0.500. The molecule has 0 spiro atoms. The van der Waals surface area contributed by atoms with Crippen LogP contribution in [0.3, 0.4) is 0 Å². The standard InChI is InChI=1S/C6H10O4/c1-2-3-5(7)4-6(8)10-9/h2,5,7,9H,1,3-4H2. The summed E-state index contributed by atoms with van der Waals surface area (Å²) in [7, 11) is 0. The van der Waals surface area contributed by atoms with E-state index in [2.05, 4.69) is 11.5 Å². The average molecular weight is 146 g/mol. The molecule has 10 heavy (non-hydrogen) atoms. The van der Waals surface area contributed by atoms with Crippen LogP contribution in [0.4, 0.5) is 0 Å². The van der Waals surface area contributed by atoms with Crippen molar-refractivity contribution in [2.75, 3.05) is 0 Å². The molecule has 0 aromatic rings. The lowest BCUT2D eigenvalue weighted by atomic mass is 10.2. The summed E-state index contributed by atoms with van der Waals surface area (Å²) in [4.78, 5) is 13.6. The molecule has 0 bridgehead atoms. The summed E-state index contributed by atoms with van der Waals surface area (Å²) in [5.74, 6) is -0.839. The smallest absolute Gasteiger partial charge is 0.344 e. The van der Waals surface area contributed by atoms with Crippen LogP contribution >= 0.6 is 0 Å². The number of hydrogen-bond donors (Lipinski definition) is 2. The molecule has 1 unspecified atom stereocenters. The lowest BCUT2D eigenvalue weighted by molar-refractivity contribution is -0.235. The van der Waals surface area contributed by atoms with E-state index < -0.39 is 12.1 Å². The molecule has 0 aromatic carbocycles. The molecule has 2 N–H and O–H groups in total. The van der Waals surface area contributed by atoms with Crippen LogP contribution in [0.5, 0.6) is 0 Å². The van der Waals surface area contributed by atoms with E-state index in [0.717, 1.165) is 0 Å². The Morgan fingerprint density at radius 1 is 1.80 bits per heavy atom. The van der Waals surface area contributed by atoms with Gasteiger partial charge in [-0.25, -0.2) is 4.79 Å². The Balaban J connectivity index is 3.46. The molecule has 0 fully saturated rings. The molecule has 0 saturated carbocycles. The molecule has 0 radical (unpaired) electrons. The van der Waals surface area contributed by atoms with Crippen molar-refractivity contribution >= 4 is 5.97 Å². The van der Waals surface area contributed by atoms with Gasteiger partial charge in [0, 0.05) is 0 Å². The summed E-state index contributed by atoms with van der Waals surface area (Å²) >= 11 is 0. The third-order valence-corrected chi connectivity index (χ3v) is 0.943. The fourth-order valence-corrected chi connectivity index (χ4v) is 0.505. The fourth-order valence-electron chi connectivity index (χ4n) is 0.505. The van der Waals surface area contributed by atoms with Crippen LogP contribution in [0.1, 0.15) is 12.8 Å². The molecular weight excluding hydrogens is 136 g/mol. The van der Waals surface area contributed by atoms with E-state index in [0.29, 0.717) is 6.42 Å². The number of aliphatic hydroxyl groups is 1. The Labute approximate surface area is 58.7 Å². The molecule has 0 aliphatic rings. The van der Waals surface area contributed by atoms with Gasteiger partial charge in [0.15, 0.2) is 0 Å². The van der Waals surface area contributed by atoms with Gasteiger partial charge in [0.05, 0.1) is 12.5 Å². The van der Waals surface area contributed by atoms with E-state index in [9.17, 15) is 4.79 Å². The predicted octanol–water partition coefficient (Wildman–Crippen LogP) is 0.330. The molecule has 0 amide bonds. The minimum Gasteiger partial charge on any atom is -0.392 e. The molecular formula is C6H10O4. The highest BCUT2D eigenvalue weighted by molar-refractivity contribution is 5.69. The molecule has 58 valence electrons. The monoisotopic (exact) mass is 146 g/mol. The van der Waals surface area contributed by atoms with Crippen molar-refractivity contribution in [1.82, 2.24) is 0 Å². The van der Waals surface area contributed by atoms with Gasteiger partial charge in [-0.2, -0.15) is 5.26 Å². The molecule has 0 heterocycles. The van der Waals surface area contributed by atoms with Crippen LogP contribution in [0.15, 0.2) is 12.7 Å². The second kappa shape index (κ2) is 4.96. The minimum atomic E-state index is -0.839. The van der Waals surface area contributed by atoms with Crippen LogP contribution in [0.2, 0.25) is 0 Å². The first kappa shape index (κ1) is 9.13. The number of aliphatic hydroxyl groups excluding tert-OH is 1. The highest BCUT2D eigenvalue weighted by Gasteiger charge is 2.09. The predicted molar refractivity (Wildman–Crippen MR) is 34.2 cm³/mol. The van der Waals surface area contributed by atoms with E-state index in [4.69, 9.17) is 10.4 Å². The Hall–Kier alpha value is -0.870. The number of carbonyl (C=O) groups is 1. The highest BCUT2D eigenvalue weighted by atomic mass is 17.1. The molecule has 1 atom stereocenters. The minimum absolute atomic E-state index is 0.206. The van der Waals surface area contributed by atoms with Crippen molar-refractivity contribution in [1.29, 1.82) is 0 Å². The van der Waals surface area contributed by atoms with E-state index in [-0.39, 0.29) is 6.42 Å². The first-order valence-corrected chi connectivity index (χ1v) is 2.84. The van der Waals surface area contributed by atoms with E-state index in [1.807, 2.05) is 0 Å². The van der Waals surface area contributed by atoms with Gasteiger partial charge in [-0.05, 0) is 6.42 Å². The van der Waals surface area contributed by atoms with Crippen molar-refractivity contribution < 1.29 is 20.0 Å². The molecule has 0 aromatic heterocycles. The summed E-state index contributed by atoms with van der Waals surface area (Å²) < 4.78 is 0. The van der Waals surface area contributed by atoms with Crippen LogP contribution in [-0.4, -0.2) is 22.4 Å². The number of hydrogen-bond acceptors (Lipinski definition) is 4. The van der Waals surface area contributed by atoms with Gasteiger partial charge in [0.25, 0.3) is 0 Å². The largest absolute Gasteiger partial charge is 0.392 e. The second-order valence-electron chi connectivity index (χ2n) is 1.85. The normalized spacial score (nSPS) is 12.2. The summed E-state index contributed by atoms with van der Waals surface area (Å²) in [6.45, 7) is 3.36. The Bertz CT molecular complexity index is 121. The van der Waals surface area contributed by atoms with Gasteiger partial charge >= 0.3 is 5.97 Å². The van der Waals surface area contributed by atoms with Crippen molar-refractivity contribution in [3.05, 3.63) is 12.7 Å². The van der Waals surface area contributed by atoms with Gasteiger partial charge in [0.2, 0.25) is 0 Å². The SMILES string of the molecule is C=CCC(O)CC(=O)OO. The summed E-state index contributed by atoms with van der Waals surface area (Å²) in [5.41, 5.74) is 0. The van der Waals surface area contributed by atoms with E-state index in [1.165, 1.54) is 6.08 Å². The Morgan fingerprint density at radius 2 is 2.40 bits per heavy atom.